The minimum absolute atomic E-state index is 0.0605. The molecule has 3 unspecified atom stereocenters. The highest BCUT2D eigenvalue weighted by Crippen LogP contribution is 2.48. The third kappa shape index (κ3) is 4.19. The van der Waals surface area contributed by atoms with Gasteiger partial charge in [-0.1, -0.05) is 25.7 Å². The zero-order valence-corrected chi connectivity index (χ0v) is 19.3. The van der Waals surface area contributed by atoms with Gasteiger partial charge in [0, 0.05) is 29.2 Å². The van der Waals surface area contributed by atoms with Gasteiger partial charge in [0.05, 0.1) is 17.2 Å². The van der Waals surface area contributed by atoms with E-state index >= 15 is 0 Å². The van der Waals surface area contributed by atoms with Crippen molar-refractivity contribution in [2.45, 2.75) is 57.8 Å². The van der Waals surface area contributed by atoms with Gasteiger partial charge in [0.25, 0.3) is 0 Å². The van der Waals surface area contributed by atoms with E-state index in [-0.39, 0.29) is 23.7 Å². The number of pyridine rings is 1. The Kier molecular flexibility index (Phi) is 5.55. The Balaban J connectivity index is 1.12. The number of nitrogens with one attached hydrogen (secondary N) is 3. The molecule has 7 nitrogen and oxygen atoms in total. The predicted molar refractivity (Wildman–Crippen MR) is 132 cm³/mol. The van der Waals surface area contributed by atoms with Gasteiger partial charge in [0.15, 0.2) is 0 Å². The zero-order chi connectivity index (χ0) is 23.1. The molecule has 0 radical (unpaired) electrons. The Bertz CT molecular complexity index is 1210. The van der Waals surface area contributed by atoms with Crippen molar-refractivity contribution in [2.75, 3.05) is 10.6 Å². The number of aromatic nitrogens is 3. The van der Waals surface area contributed by atoms with Gasteiger partial charge < -0.3 is 15.6 Å². The summed E-state index contributed by atoms with van der Waals surface area (Å²) in [6.07, 6.45) is 11.9. The maximum absolute atomic E-state index is 12.7. The van der Waals surface area contributed by atoms with Crippen molar-refractivity contribution in [3.8, 4) is 11.4 Å². The maximum Gasteiger partial charge on any atom is 0.228 e. The van der Waals surface area contributed by atoms with Gasteiger partial charge in [-0.3, -0.25) is 9.59 Å². The molecule has 7 heteroatoms. The number of anilines is 2. The van der Waals surface area contributed by atoms with Crippen LogP contribution in [0.25, 0.3) is 22.4 Å². The van der Waals surface area contributed by atoms with E-state index in [1.165, 1.54) is 25.7 Å². The number of H-pyrrole nitrogens is 1. The van der Waals surface area contributed by atoms with E-state index in [1.807, 2.05) is 30.3 Å². The van der Waals surface area contributed by atoms with Gasteiger partial charge in [0.2, 0.25) is 11.8 Å². The van der Waals surface area contributed by atoms with Crippen LogP contribution >= 0.6 is 0 Å². The Morgan fingerprint density at radius 3 is 2.47 bits per heavy atom. The van der Waals surface area contributed by atoms with Crippen LogP contribution in [0.1, 0.15) is 57.8 Å². The molecule has 3 fully saturated rings. The fraction of sp³-hybridized carbons (Fsp3) is 0.481. The van der Waals surface area contributed by atoms with Crippen LogP contribution < -0.4 is 10.6 Å². The molecule has 2 bridgehead atoms. The monoisotopic (exact) mass is 457 g/mol. The molecule has 176 valence electrons. The van der Waals surface area contributed by atoms with E-state index < -0.39 is 0 Å². The number of hydrogen-bond donors (Lipinski definition) is 3. The fourth-order valence-electron chi connectivity index (χ4n) is 6.22. The standard InChI is InChI=1S/C27H31N5O2/c33-26(18-4-2-1-3-5-18)32-24-14-22-23(15-28-24)31-25(30-22)17-8-10-20(11-9-17)29-27(34)21-13-16-6-7-19(21)12-16/h8-11,14-16,18-19,21H,1-7,12-13H2,(H,29,34)(H,30,31)(H,28,32,33). The summed E-state index contributed by atoms with van der Waals surface area (Å²) in [5.74, 6) is 3.09. The van der Waals surface area contributed by atoms with Crippen LogP contribution in [0.4, 0.5) is 11.5 Å². The highest BCUT2D eigenvalue weighted by Gasteiger charge is 2.43. The molecule has 6 rings (SSSR count). The molecule has 34 heavy (non-hydrogen) atoms. The molecule has 2 heterocycles. The molecule has 3 atom stereocenters. The van der Waals surface area contributed by atoms with Crippen molar-refractivity contribution in [2.24, 2.45) is 23.7 Å². The molecule has 0 saturated heterocycles. The number of amides is 2. The molecule has 0 spiro atoms. The molecule has 3 aromatic rings. The van der Waals surface area contributed by atoms with Crippen LogP contribution in [0.3, 0.4) is 0 Å². The molecule has 3 saturated carbocycles. The first-order chi connectivity index (χ1) is 16.6. The average molecular weight is 458 g/mol. The Morgan fingerprint density at radius 1 is 0.912 bits per heavy atom. The molecular weight excluding hydrogens is 426 g/mol. The molecule has 3 N–H and O–H groups in total. The van der Waals surface area contributed by atoms with Gasteiger partial charge >= 0.3 is 0 Å². The van der Waals surface area contributed by atoms with E-state index in [2.05, 4.69) is 20.6 Å². The summed E-state index contributed by atoms with van der Waals surface area (Å²) in [4.78, 5) is 37.7. The van der Waals surface area contributed by atoms with Crippen LogP contribution in [-0.4, -0.2) is 26.8 Å². The molecular formula is C27H31N5O2. The number of benzene rings is 1. The number of aromatic amines is 1. The highest BCUT2D eigenvalue weighted by atomic mass is 16.2. The van der Waals surface area contributed by atoms with Gasteiger partial charge in [-0.25, -0.2) is 9.97 Å². The first-order valence-corrected chi connectivity index (χ1v) is 12.7. The van der Waals surface area contributed by atoms with E-state index in [0.717, 1.165) is 66.1 Å². The number of carbonyl (C=O) groups excluding carboxylic acids is 2. The van der Waals surface area contributed by atoms with Crippen LogP contribution in [0.2, 0.25) is 0 Å². The Hall–Kier alpha value is -3.22. The summed E-state index contributed by atoms with van der Waals surface area (Å²) in [6.45, 7) is 0. The summed E-state index contributed by atoms with van der Waals surface area (Å²) in [5, 5.41) is 6.07. The van der Waals surface area contributed by atoms with Crippen LogP contribution in [0, 0.1) is 23.7 Å². The van der Waals surface area contributed by atoms with E-state index in [9.17, 15) is 9.59 Å². The van der Waals surface area contributed by atoms with Gasteiger partial charge in [0.1, 0.15) is 11.6 Å². The van der Waals surface area contributed by atoms with Crippen molar-refractivity contribution < 1.29 is 9.59 Å². The maximum atomic E-state index is 12.7. The largest absolute Gasteiger partial charge is 0.337 e. The summed E-state index contributed by atoms with van der Waals surface area (Å²) in [6, 6.07) is 9.62. The van der Waals surface area contributed by atoms with E-state index in [0.29, 0.717) is 11.7 Å². The molecule has 0 aliphatic heterocycles. The minimum Gasteiger partial charge on any atom is -0.337 e. The molecule has 3 aliphatic carbocycles. The first kappa shape index (κ1) is 21.3. The van der Waals surface area contributed by atoms with Crippen LogP contribution in [-0.2, 0) is 9.59 Å². The fourth-order valence-corrected chi connectivity index (χ4v) is 6.22. The Morgan fingerprint density at radius 2 is 1.74 bits per heavy atom. The summed E-state index contributed by atoms with van der Waals surface area (Å²) in [7, 11) is 0. The lowest BCUT2D eigenvalue weighted by molar-refractivity contribution is -0.121. The van der Waals surface area contributed by atoms with Crippen molar-refractivity contribution in [1.29, 1.82) is 0 Å². The highest BCUT2D eigenvalue weighted by molar-refractivity contribution is 5.94. The van der Waals surface area contributed by atoms with Crippen molar-refractivity contribution >= 4 is 34.4 Å². The van der Waals surface area contributed by atoms with Gasteiger partial charge in [-0.15, -0.1) is 0 Å². The average Bonchev–Trinajstić information content (AvgIpc) is 3.61. The minimum atomic E-state index is 0.0605. The number of nitrogens with zero attached hydrogens (tertiary/aromatic N) is 2. The third-order valence-electron chi connectivity index (χ3n) is 8.10. The lowest BCUT2D eigenvalue weighted by Gasteiger charge is -2.20. The lowest BCUT2D eigenvalue weighted by Crippen LogP contribution is -2.27. The topological polar surface area (TPSA) is 99.8 Å². The van der Waals surface area contributed by atoms with E-state index in [1.54, 1.807) is 6.20 Å². The SMILES string of the molecule is O=C(Nc1cc2nc(-c3ccc(NC(=O)C4CC5CCC4C5)cc3)[nH]c2cn1)C1CCCCC1. The summed E-state index contributed by atoms with van der Waals surface area (Å²) >= 11 is 0. The first-order valence-electron chi connectivity index (χ1n) is 12.7. The van der Waals surface area contributed by atoms with Crippen LogP contribution in [0.5, 0.6) is 0 Å². The molecule has 2 aromatic heterocycles. The number of carbonyl (C=O) groups is 2. The second kappa shape index (κ2) is 8.85. The predicted octanol–water partition coefficient (Wildman–Crippen LogP) is 5.52. The van der Waals surface area contributed by atoms with Crippen molar-refractivity contribution in [3.05, 3.63) is 36.5 Å². The smallest absolute Gasteiger partial charge is 0.228 e. The summed E-state index contributed by atoms with van der Waals surface area (Å²) < 4.78 is 0. The van der Waals surface area contributed by atoms with Gasteiger partial charge in [-0.05, 0) is 68.2 Å². The third-order valence-corrected chi connectivity index (χ3v) is 8.10. The zero-order valence-electron chi connectivity index (χ0n) is 19.3. The summed E-state index contributed by atoms with van der Waals surface area (Å²) in [5.41, 5.74) is 3.33. The van der Waals surface area contributed by atoms with Crippen LogP contribution in [0.15, 0.2) is 36.5 Å². The number of fused-ring (bicyclic) bond motifs is 3. The second-order valence-electron chi connectivity index (χ2n) is 10.3. The number of hydrogen-bond acceptors (Lipinski definition) is 4. The second-order valence-corrected chi connectivity index (χ2v) is 10.3. The molecule has 1 aromatic carbocycles. The molecule has 3 aliphatic rings. The number of imidazole rings is 1. The normalized spacial score (nSPS) is 24.4. The van der Waals surface area contributed by atoms with Gasteiger partial charge in [-0.2, -0.15) is 0 Å². The number of rotatable bonds is 5. The molecule has 2 amide bonds. The van der Waals surface area contributed by atoms with Crippen molar-refractivity contribution in [3.63, 3.8) is 0 Å². The van der Waals surface area contributed by atoms with Crippen molar-refractivity contribution in [1.82, 2.24) is 15.0 Å². The lowest BCUT2D eigenvalue weighted by atomic mass is 9.88. The van der Waals surface area contributed by atoms with E-state index in [4.69, 9.17) is 4.98 Å². The quantitative estimate of drug-likeness (QED) is 0.470. The Labute approximate surface area is 199 Å².